The summed E-state index contributed by atoms with van der Waals surface area (Å²) in [5.41, 5.74) is 1.08. The molecule has 1 N–H and O–H groups in total. The fourth-order valence-electron chi connectivity index (χ4n) is 2.87. The highest BCUT2D eigenvalue weighted by atomic mass is 32.2. The zero-order chi connectivity index (χ0) is 16.2. The number of thiazole rings is 1. The number of rotatable bonds is 5. The highest BCUT2D eigenvalue weighted by Crippen LogP contribution is 2.35. The largest absolute Gasteiger partial charge is 0.448 e. The van der Waals surface area contributed by atoms with Gasteiger partial charge in [-0.2, -0.15) is 0 Å². The summed E-state index contributed by atoms with van der Waals surface area (Å²) in [7, 11) is 0. The SMILES string of the molecule is Cc1csc(SC2CCC(NC(=O)CN3CCOC3=O)CC2)n1. The molecule has 2 aliphatic rings. The summed E-state index contributed by atoms with van der Waals surface area (Å²) in [5, 5.41) is 5.71. The molecule has 1 saturated heterocycles. The Morgan fingerprint density at radius 2 is 2.26 bits per heavy atom. The monoisotopic (exact) mass is 355 g/mol. The predicted octanol–water partition coefficient (Wildman–Crippen LogP) is 2.42. The molecule has 2 fully saturated rings. The second kappa shape index (κ2) is 7.53. The summed E-state index contributed by atoms with van der Waals surface area (Å²) in [4.78, 5) is 29.3. The molecular weight excluding hydrogens is 334 g/mol. The number of thioether (sulfide) groups is 1. The van der Waals surface area contributed by atoms with Crippen molar-refractivity contribution in [1.29, 1.82) is 0 Å². The summed E-state index contributed by atoms with van der Waals surface area (Å²) >= 11 is 3.56. The molecule has 0 bridgehead atoms. The van der Waals surface area contributed by atoms with Gasteiger partial charge in [-0.25, -0.2) is 9.78 Å². The third-order valence-corrected chi connectivity index (χ3v) is 6.51. The number of hydrogen-bond acceptors (Lipinski definition) is 6. The van der Waals surface area contributed by atoms with Gasteiger partial charge in [0.05, 0.1) is 6.54 Å². The van der Waals surface area contributed by atoms with Crippen LogP contribution in [-0.4, -0.2) is 52.9 Å². The van der Waals surface area contributed by atoms with Gasteiger partial charge in [0.2, 0.25) is 5.91 Å². The average molecular weight is 355 g/mol. The van der Waals surface area contributed by atoms with Gasteiger partial charge in [-0.1, -0.05) is 11.8 Å². The second-order valence-corrected chi connectivity index (χ2v) is 8.36. The molecule has 6 nitrogen and oxygen atoms in total. The molecule has 0 unspecified atom stereocenters. The van der Waals surface area contributed by atoms with Crippen molar-refractivity contribution >= 4 is 35.1 Å². The first kappa shape index (κ1) is 16.6. The van der Waals surface area contributed by atoms with Gasteiger partial charge in [-0.3, -0.25) is 9.69 Å². The molecule has 0 aromatic carbocycles. The summed E-state index contributed by atoms with van der Waals surface area (Å²) < 4.78 is 5.97. The van der Waals surface area contributed by atoms with E-state index >= 15 is 0 Å². The van der Waals surface area contributed by atoms with Crippen LogP contribution >= 0.6 is 23.1 Å². The van der Waals surface area contributed by atoms with Gasteiger partial charge in [0.25, 0.3) is 0 Å². The van der Waals surface area contributed by atoms with Gasteiger partial charge in [0.1, 0.15) is 17.5 Å². The third-order valence-electron chi connectivity index (χ3n) is 4.08. The van der Waals surface area contributed by atoms with Gasteiger partial charge >= 0.3 is 6.09 Å². The molecule has 0 atom stereocenters. The Morgan fingerprint density at radius 1 is 1.48 bits per heavy atom. The number of hydrogen-bond donors (Lipinski definition) is 1. The number of aromatic nitrogens is 1. The normalized spacial score (nSPS) is 24.6. The van der Waals surface area contributed by atoms with Gasteiger partial charge in [0.15, 0.2) is 0 Å². The lowest BCUT2D eigenvalue weighted by atomic mass is 9.95. The maximum Gasteiger partial charge on any atom is 0.410 e. The van der Waals surface area contributed by atoms with Gasteiger partial charge in [-0.05, 0) is 32.6 Å². The topological polar surface area (TPSA) is 71.5 Å². The molecule has 2 amide bonds. The zero-order valence-electron chi connectivity index (χ0n) is 13.1. The highest BCUT2D eigenvalue weighted by molar-refractivity contribution is 8.01. The molecule has 1 saturated carbocycles. The molecule has 0 radical (unpaired) electrons. The quantitative estimate of drug-likeness (QED) is 0.878. The lowest BCUT2D eigenvalue weighted by molar-refractivity contribution is -0.122. The van der Waals surface area contributed by atoms with Crippen LogP contribution in [0.3, 0.4) is 0 Å². The molecule has 126 valence electrons. The molecular formula is C15H21N3O3S2. The van der Waals surface area contributed by atoms with Crippen molar-refractivity contribution in [3.63, 3.8) is 0 Å². The van der Waals surface area contributed by atoms with Crippen molar-refractivity contribution < 1.29 is 14.3 Å². The van der Waals surface area contributed by atoms with Gasteiger partial charge in [0, 0.05) is 22.4 Å². The van der Waals surface area contributed by atoms with E-state index in [1.165, 1.54) is 4.90 Å². The van der Waals surface area contributed by atoms with Crippen molar-refractivity contribution in [1.82, 2.24) is 15.2 Å². The Bertz CT molecular complexity index is 570. The summed E-state index contributed by atoms with van der Waals surface area (Å²) in [6.45, 7) is 3.00. The van der Waals surface area contributed by atoms with Crippen LogP contribution in [-0.2, 0) is 9.53 Å². The smallest absolute Gasteiger partial charge is 0.410 e. The number of ether oxygens (including phenoxy) is 1. The zero-order valence-corrected chi connectivity index (χ0v) is 14.8. The maximum atomic E-state index is 12.0. The first-order valence-corrected chi connectivity index (χ1v) is 9.66. The number of amides is 2. The van der Waals surface area contributed by atoms with Crippen molar-refractivity contribution in [2.45, 2.75) is 48.2 Å². The molecule has 3 rings (SSSR count). The predicted molar refractivity (Wildman–Crippen MR) is 89.8 cm³/mol. The standard InChI is InChI=1S/C15H21N3O3S2/c1-10-9-22-14(16-10)23-12-4-2-11(3-5-12)17-13(19)8-18-6-7-21-15(18)20/h9,11-12H,2-8H2,1H3,(H,17,19). The Morgan fingerprint density at radius 3 is 2.87 bits per heavy atom. The number of carbonyl (C=O) groups excluding carboxylic acids is 2. The molecule has 1 aromatic heterocycles. The molecule has 1 aromatic rings. The molecule has 23 heavy (non-hydrogen) atoms. The van der Waals surface area contributed by atoms with Crippen LogP contribution in [0.1, 0.15) is 31.4 Å². The fraction of sp³-hybridized carbons (Fsp3) is 0.667. The minimum Gasteiger partial charge on any atom is -0.448 e. The minimum atomic E-state index is -0.390. The summed E-state index contributed by atoms with van der Waals surface area (Å²) in [5.74, 6) is -0.0875. The maximum absolute atomic E-state index is 12.0. The number of carbonyl (C=O) groups is 2. The van der Waals surface area contributed by atoms with Crippen LogP contribution in [0.4, 0.5) is 4.79 Å². The van der Waals surface area contributed by atoms with E-state index in [9.17, 15) is 9.59 Å². The summed E-state index contributed by atoms with van der Waals surface area (Å²) in [6.07, 6.45) is 3.75. The van der Waals surface area contributed by atoms with E-state index in [4.69, 9.17) is 4.74 Å². The Hall–Kier alpha value is -1.28. The van der Waals surface area contributed by atoms with Crippen molar-refractivity contribution in [2.24, 2.45) is 0 Å². The molecule has 1 aliphatic carbocycles. The minimum absolute atomic E-state index is 0.0875. The van der Waals surface area contributed by atoms with E-state index in [-0.39, 0.29) is 24.6 Å². The van der Waals surface area contributed by atoms with E-state index in [0.29, 0.717) is 18.4 Å². The molecule has 2 heterocycles. The van der Waals surface area contributed by atoms with Crippen LogP contribution in [0.15, 0.2) is 9.72 Å². The first-order valence-electron chi connectivity index (χ1n) is 7.90. The lowest BCUT2D eigenvalue weighted by Gasteiger charge is -2.28. The van der Waals surface area contributed by atoms with Crippen molar-refractivity contribution in [3.8, 4) is 0 Å². The number of cyclic esters (lactones) is 1. The van der Waals surface area contributed by atoms with Crippen LogP contribution in [0.5, 0.6) is 0 Å². The fourth-order valence-corrected chi connectivity index (χ4v) is 5.16. The van der Waals surface area contributed by atoms with Crippen molar-refractivity contribution in [2.75, 3.05) is 19.7 Å². The molecule has 8 heteroatoms. The highest BCUT2D eigenvalue weighted by Gasteiger charge is 2.27. The number of aryl methyl sites for hydroxylation is 1. The molecule has 0 spiro atoms. The Labute approximate surface area is 144 Å². The van der Waals surface area contributed by atoms with Crippen LogP contribution in [0.25, 0.3) is 0 Å². The van der Waals surface area contributed by atoms with E-state index in [1.807, 2.05) is 18.7 Å². The number of nitrogens with zero attached hydrogens (tertiary/aromatic N) is 2. The summed E-state index contributed by atoms with van der Waals surface area (Å²) in [6, 6.07) is 0.219. The van der Waals surface area contributed by atoms with Gasteiger partial charge in [-0.15, -0.1) is 11.3 Å². The van der Waals surface area contributed by atoms with Gasteiger partial charge < -0.3 is 10.1 Å². The second-order valence-electron chi connectivity index (χ2n) is 5.95. The van der Waals surface area contributed by atoms with Crippen LogP contribution in [0, 0.1) is 6.92 Å². The first-order chi connectivity index (χ1) is 11.1. The van der Waals surface area contributed by atoms with E-state index in [1.54, 1.807) is 11.3 Å². The van der Waals surface area contributed by atoms with Crippen molar-refractivity contribution in [3.05, 3.63) is 11.1 Å². The lowest BCUT2D eigenvalue weighted by Crippen LogP contribution is -2.44. The van der Waals surface area contributed by atoms with Crippen LogP contribution in [0.2, 0.25) is 0 Å². The van der Waals surface area contributed by atoms with E-state index < -0.39 is 0 Å². The van der Waals surface area contributed by atoms with E-state index in [2.05, 4.69) is 15.7 Å². The Kier molecular flexibility index (Phi) is 5.42. The third kappa shape index (κ3) is 4.60. The molecule has 1 aliphatic heterocycles. The average Bonchev–Trinajstić information content (AvgIpc) is 3.10. The van der Waals surface area contributed by atoms with Crippen LogP contribution < -0.4 is 5.32 Å². The Balaban J connectivity index is 1.38. The van der Waals surface area contributed by atoms with E-state index in [0.717, 1.165) is 35.7 Å². The number of nitrogens with one attached hydrogen (secondary N) is 1.